The number of rotatable bonds is 8. The Kier molecular flexibility index (Phi) is 6.50. The van der Waals surface area contributed by atoms with Crippen LogP contribution in [0.25, 0.3) is 0 Å². The van der Waals surface area contributed by atoms with Crippen molar-refractivity contribution in [1.29, 1.82) is 0 Å². The molecule has 1 atom stereocenters. The number of carboxylic acid groups (broad SMARTS) is 1. The number of nitrogens with one attached hydrogen (secondary N) is 2. The molecule has 0 saturated carbocycles. The topological polar surface area (TPSA) is 115 Å². The van der Waals surface area contributed by atoms with Crippen molar-refractivity contribution in [2.45, 2.75) is 44.9 Å². The molecule has 0 aliphatic carbocycles. The van der Waals surface area contributed by atoms with Crippen molar-refractivity contribution < 1.29 is 23.1 Å². The maximum Gasteiger partial charge on any atom is 0.240 e. The second kappa shape index (κ2) is 7.76. The van der Waals surface area contributed by atoms with Gasteiger partial charge in [-0.15, -0.1) is 0 Å². The van der Waals surface area contributed by atoms with Crippen molar-refractivity contribution in [3.05, 3.63) is 23.8 Å². The van der Waals surface area contributed by atoms with Crippen molar-refractivity contribution in [3.63, 3.8) is 0 Å². The fourth-order valence-electron chi connectivity index (χ4n) is 2.33. The van der Waals surface area contributed by atoms with Gasteiger partial charge in [0.05, 0.1) is 4.90 Å². The molecule has 0 unspecified atom stereocenters. The summed E-state index contributed by atoms with van der Waals surface area (Å²) in [6, 6.07) is 4.57. The summed E-state index contributed by atoms with van der Waals surface area (Å²) in [5.74, 6) is -1.58. The van der Waals surface area contributed by atoms with Gasteiger partial charge in [-0.3, -0.25) is 4.79 Å². The van der Waals surface area contributed by atoms with Crippen LogP contribution in [0, 0.1) is 12.3 Å². The minimum absolute atomic E-state index is 0.000528. The molecule has 0 radical (unpaired) electrons. The van der Waals surface area contributed by atoms with Crippen LogP contribution in [0.4, 0.5) is 5.69 Å². The van der Waals surface area contributed by atoms with E-state index in [2.05, 4.69) is 10.0 Å². The molecule has 1 rings (SSSR count). The highest BCUT2D eigenvalue weighted by molar-refractivity contribution is 7.89. The number of carbonyl (C=O) groups excluding carboxylic acids is 2. The molecule has 0 heterocycles. The zero-order chi connectivity index (χ0) is 18.5. The summed E-state index contributed by atoms with van der Waals surface area (Å²) in [6.07, 6.45) is 0.283. The van der Waals surface area contributed by atoms with Gasteiger partial charge in [0.1, 0.15) is 0 Å². The highest BCUT2D eigenvalue weighted by atomic mass is 32.2. The number of aryl methyl sites for hydroxylation is 1. The van der Waals surface area contributed by atoms with Gasteiger partial charge in [-0.05, 0) is 49.9 Å². The Bertz CT molecular complexity index is 730. The summed E-state index contributed by atoms with van der Waals surface area (Å²) in [5.41, 5.74) is 0.178. The monoisotopic (exact) mass is 355 g/mol. The number of hydrogen-bond acceptors (Lipinski definition) is 5. The standard InChI is InChI=1S/C16H24N2O5S/c1-5-16(3,10-15(20)21)9-14(19)18-12-7-6-11(2)13(8-12)24(22,23)17-4/h6-8,17H,5,9-10H2,1-4H3,(H,18,19)(H,20,21)/p-1/t16-/m1/s1. The lowest BCUT2D eigenvalue weighted by molar-refractivity contribution is -0.308. The van der Waals surface area contributed by atoms with E-state index in [1.54, 1.807) is 32.9 Å². The first-order valence-corrected chi connectivity index (χ1v) is 9.05. The summed E-state index contributed by atoms with van der Waals surface area (Å²) >= 11 is 0. The van der Waals surface area contributed by atoms with Crippen LogP contribution in [-0.4, -0.2) is 27.3 Å². The van der Waals surface area contributed by atoms with Crippen LogP contribution < -0.4 is 15.1 Å². The normalized spacial score (nSPS) is 14.0. The van der Waals surface area contributed by atoms with E-state index in [0.717, 1.165) is 0 Å². The molecule has 134 valence electrons. The van der Waals surface area contributed by atoms with Gasteiger partial charge in [0.15, 0.2) is 0 Å². The fraction of sp³-hybridized carbons (Fsp3) is 0.500. The Morgan fingerprint density at radius 2 is 1.88 bits per heavy atom. The first-order valence-electron chi connectivity index (χ1n) is 7.57. The lowest BCUT2D eigenvalue weighted by Crippen LogP contribution is -2.33. The minimum Gasteiger partial charge on any atom is -0.550 e. The van der Waals surface area contributed by atoms with Crippen molar-refractivity contribution >= 4 is 27.6 Å². The Balaban J connectivity index is 2.96. The number of hydrogen-bond donors (Lipinski definition) is 2. The van der Waals surface area contributed by atoms with Crippen molar-refractivity contribution in [2.75, 3.05) is 12.4 Å². The third-order valence-electron chi connectivity index (χ3n) is 4.04. The Morgan fingerprint density at radius 1 is 1.25 bits per heavy atom. The molecule has 0 saturated heterocycles. The highest BCUT2D eigenvalue weighted by Crippen LogP contribution is 2.30. The molecule has 24 heavy (non-hydrogen) atoms. The van der Waals surface area contributed by atoms with Gasteiger partial charge in [-0.1, -0.05) is 19.9 Å². The van der Waals surface area contributed by atoms with E-state index in [0.29, 0.717) is 17.7 Å². The molecule has 1 aromatic carbocycles. The predicted octanol–water partition coefficient (Wildman–Crippen LogP) is 0.788. The van der Waals surface area contributed by atoms with Crippen LogP contribution in [0.1, 0.15) is 38.7 Å². The number of sulfonamides is 1. The number of carboxylic acids is 1. The molecular formula is C16H23N2O5S-. The number of anilines is 1. The molecule has 1 aromatic rings. The fourth-order valence-corrected chi connectivity index (χ4v) is 3.33. The van der Waals surface area contributed by atoms with Gasteiger partial charge in [-0.25, -0.2) is 13.1 Å². The largest absolute Gasteiger partial charge is 0.550 e. The van der Waals surface area contributed by atoms with Crippen LogP contribution in [0.2, 0.25) is 0 Å². The molecule has 0 fully saturated rings. The number of amides is 1. The third kappa shape index (κ3) is 5.31. The van der Waals surface area contributed by atoms with Crippen molar-refractivity contribution in [2.24, 2.45) is 5.41 Å². The smallest absolute Gasteiger partial charge is 0.240 e. The second-order valence-electron chi connectivity index (χ2n) is 6.13. The van der Waals surface area contributed by atoms with E-state index < -0.39 is 21.4 Å². The number of aliphatic carboxylic acids is 1. The summed E-state index contributed by atoms with van der Waals surface area (Å²) in [4.78, 5) is 23.1. The van der Waals surface area contributed by atoms with Crippen LogP contribution in [0.15, 0.2) is 23.1 Å². The van der Waals surface area contributed by atoms with E-state index in [1.807, 2.05) is 0 Å². The van der Waals surface area contributed by atoms with E-state index in [4.69, 9.17) is 0 Å². The minimum atomic E-state index is -3.63. The summed E-state index contributed by atoms with van der Waals surface area (Å²) in [7, 11) is -2.32. The van der Waals surface area contributed by atoms with E-state index in [1.165, 1.54) is 13.1 Å². The predicted molar refractivity (Wildman–Crippen MR) is 88.7 cm³/mol. The van der Waals surface area contributed by atoms with Crippen LogP contribution in [-0.2, 0) is 19.6 Å². The average Bonchev–Trinajstić information content (AvgIpc) is 2.48. The Hall–Kier alpha value is -1.93. The number of carbonyl (C=O) groups is 2. The van der Waals surface area contributed by atoms with Gasteiger partial charge in [0, 0.05) is 18.1 Å². The van der Waals surface area contributed by atoms with Crippen LogP contribution in [0.3, 0.4) is 0 Å². The number of benzene rings is 1. The van der Waals surface area contributed by atoms with Crippen molar-refractivity contribution in [3.8, 4) is 0 Å². The average molecular weight is 355 g/mol. The van der Waals surface area contributed by atoms with Crippen LogP contribution >= 0.6 is 0 Å². The molecule has 8 heteroatoms. The zero-order valence-electron chi connectivity index (χ0n) is 14.3. The maximum absolute atomic E-state index is 12.2. The molecule has 0 bridgehead atoms. The third-order valence-corrected chi connectivity index (χ3v) is 5.60. The zero-order valence-corrected chi connectivity index (χ0v) is 15.1. The SMILES string of the molecule is CC[C@@](C)(CC(=O)[O-])CC(=O)Nc1ccc(C)c(S(=O)(=O)NC)c1. The summed E-state index contributed by atoms with van der Waals surface area (Å²) < 4.78 is 26.2. The molecule has 0 aliphatic heterocycles. The van der Waals surface area contributed by atoms with Gasteiger partial charge in [0.25, 0.3) is 0 Å². The molecule has 0 spiro atoms. The second-order valence-corrected chi connectivity index (χ2v) is 7.98. The van der Waals surface area contributed by atoms with Crippen LogP contribution in [0.5, 0.6) is 0 Å². The molecule has 2 N–H and O–H groups in total. The highest BCUT2D eigenvalue weighted by Gasteiger charge is 2.26. The molecule has 1 amide bonds. The lowest BCUT2D eigenvalue weighted by atomic mass is 9.80. The lowest BCUT2D eigenvalue weighted by Gasteiger charge is -2.28. The molecular weight excluding hydrogens is 332 g/mol. The summed E-state index contributed by atoms with van der Waals surface area (Å²) in [6.45, 7) is 5.16. The van der Waals surface area contributed by atoms with E-state index >= 15 is 0 Å². The molecule has 0 aliphatic rings. The Labute approximate surface area is 142 Å². The maximum atomic E-state index is 12.2. The molecule has 7 nitrogen and oxygen atoms in total. The van der Waals surface area contributed by atoms with Crippen molar-refractivity contribution in [1.82, 2.24) is 4.72 Å². The Morgan fingerprint density at radius 3 is 2.38 bits per heavy atom. The van der Waals surface area contributed by atoms with E-state index in [9.17, 15) is 23.1 Å². The van der Waals surface area contributed by atoms with Gasteiger partial charge in [0.2, 0.25) is 15.9 Å². The van der Waals surface area contributed by atoms with Gasteiger partial charge in [-0.2, -0.15) is 0 Å². The quantitative estimate of drug-likeness (QED) is 0.715. The first-order chi connectivity index (χ1) is 11.0. The van der Waals surface area contributed by atoms with Gasteiger partial charge >= 0.3 is 0 Å². The van der Waals surface area contributed by atoms with E-state index in [-0.39, 0.29) is 23.6 Å². The summed E-state index contributed by atoms with van der Waals surface area (Å²) in [5, 5.41) is 13.4. The molecule has 0 aromatic heterocycles. The van der Waals surface area contributed by atoms with Gasteiger partial charge < -0.3 is 15.2 Å². The first kappa shape index (κ1) is 20.1.